The van der Waals surface area contributed by atoms with Crippen molar-refractivity contribution in [3.05, 3.63) is 93.6 Å². The van der Waals surface area contributed by atoms with Crippen molar-refractivity contribution < 1.29 is 13.2 Å². The lowest BCUT2D eigenvalue weighted by Gasteiger charge is -2.34. The summed E-state index contributed by atoms with van der Waals surface area (Å²) in [5, 5.41) is 2.91. The number of nitrogens with one attached hydrogen (secondary N) is 1. The molecule has 1 aliphatic rings. The van der Waals surface area contributed by atoms with E-state index in [-0.39, 0.29) is 10.8 Å². The number of anilines is 1. The van der Waals surface area contributed by atoms with Gasteiger partial charge in [0.25, 0.3) is 5.91 Å². The molecule has 0 radical (unpaired) electrons. The summed E-state index contributed by atoms with van der Waals surface area (Å²) in [6.07, 6.45) is 0. The van der Waals surface area contributed by atoms with Crippen LogP contribution in [0, 0.1) is 0 Å². The van der Waals surface area contributed by atoms with Gasteiger partial charge in [0.15, 0.2) is 0 Å². The number of aromatic nitrogens is 1. The maximum atomic E-state index is 12.8. The number of hydrogen-bond acceptors (Lipinski definition) is 6. The summed E-state index contributed by atoms with van der Waals surface area (Å²) in [6.45, 7) is 5.40. The van der Waals surface area contributed by atoms with Crippen molar-refractivity contribution in [2.45, 2.75) is 24.9 Å². The number of hydrogen-bond donors (Lipinski definition) is 1. The Morgan fingerprint density at radius 2 is 1.65 bits per heavy atom. The summed E-state index contributed by atoms with van der Waals surface area (Å²) in [5.74, 6) is -0.215. The highest BCUT2D eigenvalue weighted by Gasteiger charge is 2.28. The molecule has 0 spiro atoms. The van der Waals surface area contributed by atoms with Crippen molar-refractivity contribution >= 4 is 43.2 Å². The van der Waals surface area contributed by atoms with E-state index in [0.717, 1.165) is 15.8 Å². The molecule has 1 aliphatic heterocycles. The van der Waals surface area contributed by atoms with Crippen LogP contribution in [0.15, 0.2) is 82.5 Å². The molecule has 0 unspecified atom stereocenters. The summed E-state index contributed by atoms with van der Waals surface area (Å²) >= 11 is 1.17. The van der Waals surface area contributed by atoms with Crippen molar-refractivity contribution in [2.75, 3.05) is 31.5 Å². The van der Waals surface area contributed by atoms with Gasteiger partial charge in [-0.05, 0) is 55.0 Å². The topological polar surface area (TPSA) is 91.7 Å². The quantitative estimate of drug-likeness (QED) is 0.388. The van der Waals surface area contributed by atoms with Gasteiger partial charge >= 0.3 is 4.87 Å². The van der Waals surface area contributed by atoms with Gasteiger partial charge in [-0.1, -0.05) is 41.7 Å². The van der Waals surface area contributed by atoms with Crippen LogP contribution in [0.3, 0.4) is 0 Å². The molecule has 1 aromatic heterocycles. The third-order valence-corrected chi connectivity index (χ3v) is 9.43. The Bertz CT molecular complexity index is 1570. The molecule has 10 heteroatoms. The predicted octanol–water partition coefficient (Wildman–Crippen LogP) is 3.84. The first-order chi connectivity index (χ1) is 17.8. The third-order valence-electron chi connectivity index (χ3n) is 6.58. The van der Waals surface area contributed by atoms with E-state index < -0.39 is 10.0 Å². The fourth-order valence-electron chi connectivity index (χ4n) is 4.54. The number of carbonyl (C=O) groups excluding carboxylic acids is 1. The van der Waals surface area contributed by atoms with Crippen molar-refractivity contribution in [3.63, 3.8) is 0 Å². The molecule has 8 nitrogen and oxygen atoms in total. The van der Waals surface area contributed by atoms with Crippen LogP contribution in [0.4, 0.5) is 5.69 Å². The van der Waals surface area contributed by atoms with Gasteiger partial charge < -0.3 is 5.32 Å². The number of fused-ring (bicyclic) bond motifs is 1. The van der Waals surface area contributed by atoms with Gasteiger partial charge in [-0.15, -0.1) is 0 Å². The lowest BCUT2D eigenvalue weighted by molar-refractivity contribution is 0.102. The number of sulfonamides is 1. The molecular weight excluding hydrogens is 508 g/mol. The molecule has 4 aromatic rings. The van der Waals surface area contributed by atoms with Gasteiger partial charge in [-0.25, -0.2) is 8.42 Å². The number of carbonyl (C=O) groups is 1. The molecule has 0 atom stereocenters. The summed E-state index contributed by atoms with van der Waals surface area (Å²) in [5.41, 5.74) is 3.12. The number of benzene rings is 3. The zero-order chi connectivity index (χ0) is 26.0. The van der Waals surface area contributed by atoms with Crippen molar-refractivity contribution in [3.8, 4) is 0 Å². The Labute approximate surface area is 219 Å². The van der Waals surface area contributed by atoms with E-state index in [9.17, 15) is 18.0 Å². The van der Waals surface area contributed by atoms with Gasteiger partial charge in [0, 0.05) is 50.5 Å². The van der Waals surface area contributed by atoms with Crippen LogP contribution in [0.2, 0.25) is 0 Å². The Morgan fingerprint density at radius 3 is 2.32 bits per heavy atom. The minimum absolute atomic E-state index is 0.00389. The maximum absolute atomic E-state index is 12.8. The summed E-state index contributed by atoms with van der Waals surface area (Å²) < 4.78 is 29.8. The molecule has 0 saturated carbocycles. The van der Waals surface area contributed by atoms with E-state index in [1.807, 2.05) is 37.3 Å². The summed E-state index contributed by atoms with van der Waals surface area (Å²) in [7, 11) is -3.47. The van der Waals surface area contributed by atoms with Gasteiger partial charge in [-0.3, -0.25) is 19.1 Å². The molecule has 1 N–H and O–H groups in total. The smallest absolute Gasteiger partial charge is 0.308 e. The van der Waals surface area contributed by atoms with Crippen molar-refractivity contribution in [1.29, 1.82) is 0 Å². The predicted molar refractivity (Wildman–Crippen MR) is 147 cm³/mol. The lowest BCUT2D eigenvalue weighted by atomic mass is 10.1. The molecule has 1 fully saturated rings. The fourth-order valence-corrected chi connectivity index (χ4v) is 6.97. The first kappa shape index (κ1) is 25.3. The van der Waals surface area contributed by atoms with Crippen LogP contribution in [-0.4, -0.2) is 54.3 Å². The highest BCUT2D eigenvalue weighted by atomic mass is 32.2. The van der Waals surface area contributed by atoms with E-state index in [1.54, 1.807) is 51.3 Å². The average molecular weight is 537 g/mol. The Kier molecular flexibility index (Phi) is 7.25. The second-order valence-electron chi connectivity index (χ2n) is 8.94. The summed E-state index contributed by atoms with van der Waals surface area (Å²) in [4.78, 5) is 27.4. The number of amides is 1. The molecule has 0 bridgehead atoms. The van der Waals surface area contributed by atoms with Crippen LogP contribution in [-0.2, 0) is 23.1 Å². The van der Waals surface area contributed by atoms with Crippen LogP contribution < -0.4 is 10.2 Å². The van der Waals surface area contributed by atoms with Gasteiger partial charge in [0.05, 0.1) is 15.1 Å². The standard InChI is InChI=1S/C27H28N4O4S2/c1-2-31-24-13-12-22(18-25(24)36-27(31)33)28-26(32)21-10-8-20(9-11-21)19-29-14-16-30(17-15-29)37(34,35)23-6-4-3-5-7-23/h3-13,18H,2,14-17,19H2,1H3,(H,28,32). The number of aryl methyl sites for hydroxylation is 1. The van der Waals surface area contributed by atoms with Crippen molar-refractivity contribution in [2.24, 2.45) is 0 Å². The lowest BCUT2D eigenvalue weighted by Crippen LogP contribution is -2.48. The van der Waals surface area contributed by atoms with E-state index in [0.29, 0.717) is 55.4 Å². The molecule has 5 rings (SSSR count). The average Bonchev–Trinajstić information content (AvgIpc) is 3.24. The first-order valence-corrected chi connectivity index (χ1v) is 14.4. The van der Waals surface area contributed by atoms with Crippen LogP contribution in [0.25, 0.3) is 10.2 Å². The molecule has 1 saturated heterocycles. The van der Waals surface area contributed by atoms with Crippen LogP contribution in [0.5, 0.6) is 0 Å². The van der Waals surface area contributed by atoms with E-state index in [1.165, 1.54) is 11.3 Å². The number of nitrogens with zero attached hydrogens (tertiary/aromatic N) is 3. The number of rotatable bonds is 7. The van der Waals surface area contributed by atoms with Gasteiger partial charge in [0.1, 0.15) is 0 Å². The molecule has 0 aliphatic carbocycles. The largest absolute Gasteiger partial charge is 0.322 e. The zero-order valence-electron chi connectivity index (χ0n) is 20.5. The SMILES string of the molecule is CCn1c(=O)sc2cc(NC(=O)c3ccc(CN4CCN(S(=O)(=O)c5ccccc5)CC4)cc3)ccc21. The monoisotopic (exact) mass is 536 g/mol. The first-order valence-electron chi connectivity index (χ1n) is 12.2. The Balaban J connectivity index is 1.17. The molecule has 1 amide bonds. The minimum atomic E-state index is -3.47. The number of thiazole rings is 1. The third kappa shape index (κ3) is 5.37. The molecular formula is C27H28N4O4S2. The normalized spacial score (nSPS) is 15.2. The fraction of sp³-hybridized carbons (Fsp3) is 0.259. The highest BCUT2D eigenvalue weighted by molar-refractivity contribution is 7.89. The highest BCUT2D eigenvalue weighted by Crippen LogP contribution is 2.23. The van der Waals surface area contributed by atoms with E-state index in [4.69, 9.17) is 0 Å². The maximum Gasteiger partial charge on any atom is 0.308 e. The second-order valence-corrected chi connectivity index (χ2v) is 11.9. The van der Waals surface area contributed by atoms with Crippen molar-refractivity contribution in [1.82, 2.24) is 13.8 Å². The van der Waals surface area contributed by atoms with Crippen LogP contribution in [0.1, 0.15) is 22.8 Å². The summed E-state index contributed by atoms with van der Waals surface area (Å²) in [6, 6.07) is 21.5. The van der Waals surface area contributed by atoms with Gasteiger partial charge in [0.2, 0.25) is 10.0 Å². The minimum Gasteiger partial charge on any atom is -0.322 e. The Morgan fingerprint density at radius 1 is 0.946 bits per heavy atom. The Hall–Kier alpha value is -3.31. The second kappa shape index (κ2) is 10.6. The van der Waals surface area contributed by atoms with E-state index in [2.05, 4.69) is 10.2 Å². The van der Waals surface area contributed by atoms with Gasteiger partial charge in [-0.2, -0.15) is 4.31 Å². The van der Waals surface area contributed by atoms with Crippen LogP contribution >= 0.6 is 11.3 Å². The molecule has 2 heterocycles. The molecule has 37 heavy (non-hydrogen) atoms. The zero-order valence-corrected chi connectivity index (χ0v) is 22.1. The molecule has 192 valence electrons. The number of piperazine rings is 1. The molecule has 3 aromatic carbocycles. The van der Waals surface area contributed by atoms with E-state index >= 15 is 0 Å².